The Bertz CT molecular complexity index is 1070. The van der Waals surface area contributed by atoms with Crippen LogP contribution in [0, 0.1) is 6.92 Å². The molecule has 1 heterocycles. The van der Waals surface area contributed by atoms with E-state index in [1.54, 1.807) is 0 Å². The van der Waals surface area contributed by atoms with Gasteiger partial charge in [-0.3, -0.25) is 9.59 Å². The Hall–Kier alpha value is -3.46. The third-order valence-electron chi connectivity index (χ3n) is 4.87. The zero-order chi connectivity index (χ0) is 18.8. The van der Waals surface area contributed by atoms with Crippen LogP contribution >= 0.6 is 0 Å². The van der Waals surface area contributed by atoms with Crippen molar-refractivity contribution in [2.75, 3.05) is 0 Å². The smallest absolute Gasteiger partial charge is 0.227 e. The Morgan fingerprint density at radius 2 is 1.48 bits per heavy atom. The van der Waals surface area contributed by atoms with Crippen molar-refractivity contribution in [2.24, 2.45) is 0 Å². The van der Waals surface area contributed by atoms with Crippen LogP contribution in [0.1, 0.15) is 33.1 Å². The van der Waals surface area contributed by atoms with Crippen LogP contribution in [0.5, 0.6) is 0 Å². The first kappa shape index (κ1) is 17.0. The molecule has 4 aromatic rings. The lowest BCUT2D eigenvalue weighted by atomic mass is 9.98. The van der Waals surface area contributed by atoms with Gasteiger partial charge in [-0.05, 0) is 30.2 Å². The molecule has 0 bridgehead atoms. The van der Waals surface area contributed by atoms with Crippen molar-refractivity contribution >= 4 is 23.0 Å². The van der Waals surface area contributed by atoms with Crippen molar-refractivity contribution in [1.82, 2.24) is 4.57 Å². The Labute approximate surface area is 157 Å². The molecule has 0 fully saturated rings. The van der Waals surface area contributed by atoms with E-state index in [1.165, 1.54) is 0 Å². The second kappa shape index (κ2) is 7.04. The number of Topliss-reactive ketones (excluding diaryl/α,β-unsaturated/α-hetero) is 1. The number of carbonyl (C=O) groups excluding carboxylic acids is 2. The topological polar surface area (TPSA) is 39.1 Å². The summed E-state index contributed by atoms with van der Waals surface area (Å²) in [5, 5.41) is 0.809. The van der Waals surface area contributed by atoms with Crippen LogP contribution < -0.4 is 0 Å². The minimum atomic E-state index is -0.496. The summed E-state index contributed by atoms with van der Waals surface area (Å²) in [4.78, 5) is 23.5. The van der Waals surface area contributed by atoms with E-state index in [0.717, 1.165) is 27.6 Å². The first-order valence-electron chi connectivity index (χ1n) is 8.89. The number of fused-ring (bicyclic) bond motifs is 1. The quantitative estimate of drug-likeness (QED) is 0.289. The molecule has 0 aliphatic rings. The van der Waals surface area contributed by atoms with Crippen molar-refractivity contribution in [2.45, 2.75) is 13.0 Å². The Kier molecular flexibility index (Phi) is 4.43. The number of carbonyl (C=O) groups is 2. The molecular formula is C24H19NO2. The summed E-state index contributed by atoms with van der Waals surface area (Å²) in [6.07, 6.45) is 2.20. The molecule has 3 aromatic carbocycles. The molecule has 0 radical (unpaired) electrons. The average Bonchev–Trinajstić information content (AvgIpc) is 3.07. The van der Waals surface area contributed by atoms with Gasteiger partial charge in [0.2, 0.25) is 5.78 Å². The lowest BCUT2D eigenvalue weighted by molar-refractivity contribution is -0.104. The molecule has 4 rings (SSSR count). The van der Waals surface area contributed by atoms with E-state index in [4.69, 9.17) is 0 Å². The van der Waals surface area contributed by atoms with Gasteiger partial charge in [-0.2, -0.15) is 0 Å². The summed E-state index contributed by atoms with van der Waals surface area (Å²) < 4.78 is 2.09. The van der Waals surface area contributed by atoms with Gasteiger partial charge < -0.3 is 4.57 Å². The van der Waals surface area contributed by atoms with Gasteiger partial charge in [0, 0.05) is 17.1 Å². The Morgan fingerprint density at radius 1 is 0.889 bits per heavy atom. The Morgan fingerprint density at radius 3 is 2.04 bits per heavy atom. The van der Waals surface area contributed by atoms with Crippen LogP contribution in [0.4, 0.5) is 0 Å². The molecular weight excluding hydrogens is 334 g/mol. The van der Waals surface area contributed by atoms with Crippen LogP contribution in [-0.4, -0.2) is 16.6 Å². The number of nitrogens with zero attached hydrogens (tertiary/aromatic N) is 1. The van der Waals surface area contributed by atoms with Crippen molar-refractivity contribution < 1.29 is 9.59 Å². The summed E-state index contributed by atoms with van der Waals surface area (Å²) in [6, 6.07) is 26.3. The molecule has 0 aliphatic carbocycles. The molecule has 0 unspecified atom stereocenters. The van der Waals surface area contributed by atoms with Crippen molar-refractivity contribution in [3.05, 3.63) is 107 Å². The molecule has 3 heteroatoms. The first-order valence-corrected chi connectivity index (χ1v) is 8.89. The van der Waals surface area contributed by atoms with E-state index in [9.17, 15) is 9.59 Å². The fraction of sp³-hybridized carbons (Fsp3) is 0.0833. The van der Waals surface area contributed by atoms with E-state index in [1.807, 2.05) is 67.7 Å². The number of hydrogen-bond donors (Lipinski definition) is 0. The average molecular weight is 353 g/mol. The van der Waals surface area contributed by atoms with E-state index < -0.39 is 5.78 Å². The van der Waals surface area contributed by atoms with Gasteiger partial charge in [0.25, 0.3) is 0 Å². The van der Waals surface area contributed by atoms with Gasteiger partial charge >= 0.3 is 0 Å². The predicted molar refractivity (Wildman–Crippen MR) is 107 cm³/mol. The summed E-state index contributed by atoms with van der Waals surface area (Å²) in [7, 11) is 0. The van der Waals surface area contributed by atoms with Crippen LogP contribution in [0.15, 0.2) is 85.1 Å². The number of aldehydes is 1. The highest BCUT2D eigenvalue weighted by atomic mass is 16.2. The Balaban J connectivity index is 2.02. The summed E-state index contributed by atoms with van der Waals surface area (Å²) in [5.41, 5.74) is 4.66. The lowest BCUT2D eigenvalue weighted by Crippen LogP contribution is -2.11. The van der Waals surface area contributed by atoms with Gasteiger partial charge in [-0.15, -0.1) is 0 Å². The van der Waals surface area contributed by atoms with E-state index >= 15 is 0 Å². The number of aryl methyl sites for hydroxylation is 1. The van der Waals surface area contributed by atoms with Gasteiger partial charge in [0.15, 0.2) is 6.29 Å². The van der Waals surface area contributed by atoms with Gasteiger partial charge in [0.05, 0.1) is 11.6 Å². The van der Waals surface area contributed by atoms with Crippen molar-refractivity contribution in [3.8, 4) is 0 Å². The molecule has 1 aromatic heterocycles. The SMILES string of the molecule is Cc1ccc2c(c1)c(C(=O)C=O)cn2C(c1ccccc1)c1ccccc1. The van der Waals surface area contributed by atoms with Crippen LogP contribution in [0.25, 0.3) is 10.9 Å². The fourth-order valence-electron chi connectivity index (χ4n) is 3.63. The van der Waals surface area contributed by atoms with Crippen LogP contribution in [0.2, 0.25) is 0 Å². The molecule has 0 amide bonds. The molecule has 132 valence electrons. The predicted octanol–water partition coefficient (Wildman–Crippen LogP) is 4.97. The molecule has 0 N–H and O–H groups in total. The number of hydrogen-bond acceptors (Lipinski definition) is 2. The van der Waals surface area contributed by atoms with E-state index in [0.29, 0.717) is 11.8 Å². The summed E-state index contributed by atoms with van der Waals surface area (Å²) >= 11 is 0. The molecule has 0 saturated carbocycles. The first-order chi connectivity index (χ1) is 13.2. The standard InChI is InChI=1S/C24H19NO2/c1-17-12-13-22-20(14-17)21(23(27)16-26)15-25(22)24(18-8-4-2-5-9-18)19-10-6-3-7-11-19/h2-16,24H,1H3. The maximum absolute atomic E-state index is 12.3. The van der Waals surface area contributed by atoms with Crippen LogP contribution in [0.3, 0.4) is 0 Å². The third-order valence-corrected chi connectivity index (χ3v) is 4.87. The van der Waals surface area contributed by atoms with Crippen molar-refractivity contribution in [3.63, 3.8) is 0 Å². The zero-order valence-corrected chi connectivity index (χ0v) is 15.0. The van der Waals surface area contributed by atoms with Crippen LogP contribution in [-0.2, 0) is 4.79 Å². The highest BCUT2D eigenvalue weighted by Gasteiger charge is 2.22. The largest absolute Gasteiger partial charge is 0.335 e. The van der Waals surface area contributed by atoms with E-state index in [2.05, 4.69) is 28.8 Å². The van der Waals surface area contributed by atoms with Gasteiger partial charge in [-0.25, -0.2) is 0 Å². The summed E-state index contributed by atoms with van der Waals surface area (Å²) in [5.74, 6) is -0.496. The highest BCUT2D eigenvalue weighted by Crippen LogP contribution is 2.33. The monoisotopic (exact) mass is 353 g/mol. The molecule has 0 saturated heterocycles. The number of aromatic nitrogens is 1. The van der Waals surface area contributed by atoms with E-state index in [-0.39, 0.29) is 6.04 Å². The fourth-order valence-corrected chi connectivity index (χ4v) is 3.63. The normalized spacial score (nSPS) is 11.0. The number of rotatable bonds is 5. The maximum atomic E-state index is 12.3. The highest BCUT2D eigenvalue weighted by molar-refractivity contribution is 6.36. The van der Waals surface area contributed by atoms with Gasteiger partial charge in [-0.1, -0.05) is 72.3 Å². The lowest BCUT2D eigenvalue weighted by Gasteiger charge is -2.21. The molecule has 27 heavy (non-hydrogen) atoms. The molecule has 0 spiro atoms. The maximum Gasteiger partial charge on any atom is 0.227 e. The number of ketones is 1. The second-order valence-corrected chi connectivity index (χ2v) is 6.68. The molecule has 3 nitrogen and oxygen atoms in total. The molecule has 0 atom stereocenters. The second-order valence-electron chi connectivity index (χ2n) is 6.68. The third kappa shape index (κ3) is 3.08. The minimum absolute atomic E-state index is 0.0918. The summed E-state index contributed by atoms with van der Waals surface area (Å²) in [6.45, 7) is 1.98. The zero-order valence-electron chi connectivity index (χ0n) is 15.0. The van der Waals surface area contributed by atoms with Crippen molar-refractivity contribution in [1.29, 1.82) is 0 Å². The van der Waals surface area contributed by atoms with Gasteiger partial charge in [0.1, 0.15) is 0 Å². The molecule has 0 aliphatic heterocycles. The number of benzene rings is 3. The minimum Gasteiger partial charge on any atom is -0.335 e.